The Labute approximate surface area is 106 Å². The zero-order valence-corrected chi connectivity index (χ0v) is 11.5. The summed E-state index contributed by atoms with van der Waals surface area (Å²) in [7, 11) is 0. The molecule has 1 unspecified atom stereocenters. The van der Waals surface area contributed by atoms with Crippen molar-refractivity contribution >= 4 is 6.29 Å². The highest BCUT2D eigenvalue weighted by molar-refractivity contribution is 5.48. The van der Waals surface area contributed by atoms with Crippen LogP contribution in [0, 0.1) is 0 Å². The molecular weight excluding hydrogens is 216 g/mol. The second kappa shape index (κ2) is 13.7. The van der Waals surface area contributed by atoms with E-state index in [9.17, 15) is 4.79 Å². The zero-order chi connectivity index (χ0) is 12.8. The van der Waals surface area contributed by atoms with E-state index in [4.69, 9.17) is 9.47 Å². The number of rotatable bonds is 13. The molecule has 0 N–H and O–H groups in total. The van der Waals surface area contributed by atoms with E-state index in [1.807, 2.05) is 6.92 Å². The summed E-state index contributed by atoms with van der Waals surface area (Å²) in [4.78, 5) is 10.1. The summed E-state index contributed by atoms with van der Waals surface area (Å²) in [5.74, 6) is 0. The van der Waals surface area contributed by atoms with Gasteiger partial charge in [0.25, 0.3) is 0 Å². The summed E-state index contributed by atoms with van der Waals surface area (Å²) >= 11 is 0. The van der Waals surface area contributed by atoms with E-state index in [0.717, 1.165) is 45.2 Å². The molecule has 0 aromatic rings. The molecule has 0 heterocycles. The van der Waals surface area contributed by atoms with E-state index in [1.165, 1.54) is 19.3 Å². The van der Waals surface area contributed by atoms with Gasteiger partial charge in [0, 0.05) is 19.6 Å². The average molecular weight is 244 g/mol. The van der Waals surface area contributed by atoms with Crippen molar-refractivity contribution in [3.8, 4) is 0 Å². The predicted molar refractivity (Wildman–Crippen MR) is 70.0 cm³/mol. The van der Waals surface area contributed by atoms with Crippen LogP contribution in [0.3, 0.4) is 0 Å². The van der Waals surface area contributed by atoms with Gasteiger partial charge < -0.3 is 14.3 Å². The van der Waals surface area contributed by atoms with Gasteiger partial charge in [0.15, 0.2) is 6.29 Å². The first-order valence-electron chi connectivity index (χ1n) is 6.98. The van der Waals surface area contributed by atoms with Crippen molar-refractivity contribution in [1.29, 1.82) is 0 Å². The molecule has 0 aliphatic rings. The number of aldehydes is 1. The van der Waals surface area contributed by atoms with Gasteiger partial charge in [-0.25, -0.2) is 0 Å². The van der Waals surface area contributed by atoms with Crippen LogP contribution in [0.15, 0.2) is 0 Å². The second-order valence-corrected chi connectivity index (χ2v) is 4.39. The van der Waals surface area contributed by atoms with Gasteiger partial charge >= 0.3 is 0 Å². The molecule has 0 aliphatic carbocycles. The zero-order valence-electron chi connectivity index (χ0n) is 11.5. The van der Waals surface area contributed by atoms with Gasteiger partial charge in [-0.2, -0.15) is 0 Å². The Hall–Kier alpha value is -0.410. The van der Waals surface area contributed by atoms with Gasteiger partial charge in [0.05, 0.1) is 0 Å². The molecule has 0 aliphatic heterocycles. The van der Waals surface area contributed by atoms with Crippen molar-refractivity contribution < 1.29 is 14.3 Å². The van der Waals surface area contributed by atoms with Crippen LogP contribution in [0.4, 0.5) is 0 Å². The van der Waals surface area contributed by atoms with Gasteiger partial charge in [-0.1, -0.05) is 32.6 Å². The monoisotopic (exact) mass is 244 g/mol. The SMILES string of the molecule is CCCCCCOC(C)OCCCCCC=O. The first kappa shape index (κ1) is 16.6. The van der Waals surface area contributed by atoms with Crippen molar-refractivity contribution in [2.75, 3.05) is 13.2 Å². The highest BCUT2D eigenvalue weighted by Crippen LogP contribution is 2.03. The normalized spacial score (nSPS) is 12.6. The van der Waals surface area contributed by atoms with Crippen LogP contribution in [0.25, 0.3) is 0 Å². The molecule has 0 spiro atoms. The number of hydrogen-bond donors (Lipinski definition) is 0. The summed E-state index contributed by atoms with van der Waals surface area (Å²) < 4.78 is 11.1. The largest absolute Gasteiger partial charge is 0.353 e. The summed E-state index contributed by atoms with van der Waals surface area (Å²) in [6.07, 6.45) is 9.51. The maximum absolute atomic E-state index is 10.1. The van der Waals surface area contributed by atoms with E-state index in [2.05, 4.69) is 6.92 Å². The van der Waals surface area contributed by atoms with E-state index < -0.39 is 0 Å². The van der Waals surface area contributed by atoms with Crippen molar-refractivity contribution in [3.63, 3.8) is 0 Å². The first-order chi connectivity index (χ1) is 8.31. The Balaban J connectivity index is 3.11. The van der Waals surface area contributed by atoms with E-state index in [-0.39, 0.29) is 6.29 Å². The van der Waals surface area contributed by atoms with Gasteiger partial charge in [-0.15, -0.1) is 0 Å². The molecule has 0 radical (unpaired) electrons. The molecule has 3 nitrogen and oxygen atoms in total. The lowest BCUT2D eigenvalue weighted by Crippen LogP contribution is -2.14. The van der Waals surface area contributed by atoms with Crippen molar-refractivity contribution in [1.82, 2.24) is 0 Å². The van der Waals surface area contributed by atoms with E-state index in [1.54, 1.807) is 0 Å². The molecule has 0 saturated heterocycles. The lowest BCUT2D eigenvalue weighted by atomic mass is 10.2. The smallest absolute Gasteiger partial charge is 0.154 e. The molecule has 0 aromatic heterocycles. The predicted octanol–water partition coefficient (Wildman–Crippen LogP) is 3.71. The fourth-order valence-corrected chi connectivity index (χ4v) is 1.58. The third-order valence-electron chi connectivity index (χ3n) is 2.67. The minimum absolute atomic E-state index is 0.0947. The molecule has 0 amide bonds. The number of hydrogen-bond acceptors (Lipinski definition) is 3. The van der Waals surface area contributed by atoms with E-state index >= 15 is 0 Å². The minimum Gasteiger partial charge on any atom is -0.353 e. The molecule has 0 fully saturated rings. The number of unbranched alkanes of at least 4 members (excludes halogenated alkanes) is 6. The maximum Gasteiger partial charge on any atom is 0.154 e. The summed E-state index contributed by atoms with van der Waals surface area (Å²) in [5, 5.41) is 0. The number of carbonyl (C=O) groups is 1. The van der Waals surface area contributed by atoms with E-state index in [0.29, 0.717) is 6.42 Å². The Kier molecular flexibility index (Phi) is 13.3. The van der Waals surface area contributed by atoms with Crippen LogP contribution in [-0.2, 0) is 14.3 Å². The Morgan fingerprint density at radius 3 is 2.06 bits per heavy atom. The van der Waals surface area contributed by atoms with Crippen molar-refractivity contribution in [3.05, 3.63) is 0 Å². The first-order valence-corrected chi connectivity index (χ1v) is 6.98. The molecule has 3 heteroatoms. The number of carbonyl (C=O) groups excluding carboxylic acids is 1. The van der Waals surface area contributed by atoms with Gasteiger partial charge in [-0.05, 0) is 26.2 Å². The Bertz CT molecular complexity index is 160. The molecule has 1 atom stereocenters. The third kappa shape index (κ3) is 13.5. The standard InChI is InChI=1S/C14H28O3/c1-3-4-5-9-12-16-14(2)17-13-10-7-6-8-11-15/h11,14H,3-10,12-13H2,1-2H3. The quantitative estimate of drug-likeness (QED) is 0.281. The summed E-state index contributed by atoms with van der Waals surface area (Å²) in [6.45, 7) is 5.68. The topological polar surface area (TPSA) is 35.5 Å². The van der Waals surface area contributed by atoms with Gasteiger partial charge in [0.2, 0.25) is 0 Å². The Morgan fingerprint density at radius 2 is 1.53 bits per heavy atom. The summed E-state index contributed by atoms with van der Waals surface area (Å²) in [5.41, 5.74) is 0. The van der Waals surface area contributed by atoms with Crippen LogP contribution < -0.4 is 0 Å². The van der Waals surface area contributed by atoms with Gasteiger partial charge in [-0.3, -0.25) is 0 Å². The fourth-order valence-electron chi connectivity index (χ4n) is 1.58. The van der Waals surface area contributed by atoms with Crippen molar-refractivity contribution in [2.45, 2.75) is 71.5 Å². The minimum atomic E-state index is -0.0947. The molecule has 0 saturated carbocycles. The Morgan fingerprint density at radius 1 is 0.941 bits per heavy atom. The second-order valence-electron chi connectivity index (χ2n) is 4.39. The molecule has 0 rings (SSSR count). The van der Waals surface area contributed by atoms with Crippen LogP contribution in [0.1, 0.15) is 65.2 Å². The van der Waals surface area contributed by atoms with Crippen molar-refractivity contribution in [2.24, 2.45) is 0 Å². The fraction of sp³-hybridized carbons (Fsp3) is 0.929. The lowest BCUT2D eigenvalue weighted by molar-refractivity contribution is -0.131. The lowest BCUT2D eigenvalue weighted by Gasteiger charge is -2.13. The van der Waals surface area contributed by atoms with Crippen LogP contribution in [0.5, 0.6) is 0 Å². The van der Waals surface area contributed by atoms with Crippen LogP contribution in [-0.4, -0.2) is 25.8 Å². The molecule has 17 heavy (non-hydrogen) atoms. The third-order valence-corrected chi connectivity index (χ3v) is 2.67. The highest BCUT2D eigenvalue weighted by atomic mass is 16.7. The molecule has 102 valence electrons. The molecule has 0 aromatic carbocycles. The maximum atomic E-state index is 10.1. The average Bonchev–Trinajstić information content (AvgIpc) is 2.33. The summed E-state index contributed by atoms with van der Waals surface area (Å²) in [6, 6.07) is 0. The highest BCUT2D eigenvalue weighted by Gasteiger charge is 2.01. The molecular formula is C14H28O3. The molecule has 0 bridgehead atoms. The van der Waals surface area contributed by atoms with Gasteiger partial charge in [0.1, 0.15) is 6.29 Å². The number of ether oxygens (including phenoxy) is 2. The van der Waals surface area contributed by atoms with Crippen LogP contribution in [0.2, 0.25) is 0 Å². The van der Waals surface area contributed by atoms with Crippen LogP contribution >= 0.6 is 0 Å².